The summed E-state index contributed by atoms with van der Waals surface area (Å²) >= 11 is 1.51. The van der Waals surface area contributed by atoms with Gasteiger partial charge in [0.2, 0.25) is 5.91 Å². The first-order valence-electron chi connectivity index (χ1n) is 12.3. The maximum absolute atomic E-state index is 11.6. The molecule has 2 aromatic carbocycles. The Labute approximate surface area is 222 Å². The van der Waals surface area contributed by atoms with Crippen LogP contribution in [0.5, 0.6) is 0 Å². The molecule has 8 heteroatoms. The van der Waals surface area contributed by atoms with Crippen LogP contribution in [0.1, 0.15) is 44.1 Å². The number of anilines is 1. The molecule has 1 atom stereocenters. The number of carbonyl (C=O) groups is 2. The van der Waals surface area contributed by atoms with Gasteiger partial charge in [0.05, 0.1) is 11.3 Å². The molecule has 1 saturated heterocycles. The van der Waals surface area contributed by atoms with Crippen molar-refractivity contribution in [1.82, 2.24) is 5.32 Å². The summed E-state index contributed by atoms with van der Waals surface area (Å²) < 4.78 is 5.08. The van der Waals surface area contributed by atoms with E-state index in [9.17, 15) is 14.9 Å². The number of alkyl carbamates (subject to hydrolysis) is 1. The second-order valence-electron chi connectivity index (χ2n) is 9.79. The molecule has 2 amide bonds. The number of thiophene rings is 1. The molecule has 2 heterocycles. The molecular formula is C29H34N4O3S. The molecule has 3 N–H and O–H groups in total. The van der Waals surface area contributed by atoms with Crippen LogP contribution >= 0.6 is 11.3 Å². The Balaban J connectivity index is 0.000000206. The van der Waals surface area contributed by atoms with Crippen molar-refractivity contribution >= 4 is 29.0 Å². The average molecular weight is 519 g/mol. The summed E-state index contributed by atoms with van der Waals surface area (Å²) in [5.41, 5.74) is 8.79. The highest BCUT2D eigenvalue weighted by Gasteiger charge is 2.23. The van der Waals surface area contributed by atoms with Gasteiger partial charge in [0.25, 0.3) is 0 Å². The average Bonchev–Trinajstić information content (AvgIpc) is 3.58. The van der Waals surface area contributed by atoms with Crippen LogP contribution in [0.3, 0.4) is 0 Å². The van der Waals surface area contributed by atoms with Gasteiger partial charge in [0.1, 0.15) is 17.7 Å². The van der Waals surface area contributed by atoms with Crippen molar-refractivity contribution in [1.29, 1.82) is 5.26 Å². The number of nitrogens with two attached hydrogens (primary N) is 1. The first kappa shape index (κ1) is 27.8. The van der Waals surface area contributed by atoms with Crippen LogP contribution < -0.4 is 16.0 Å². The molecule has 0 aliphatic carbocycles. The molecule has 0 saturated carbocycles. The van der Waals surface area contributed by atoms with Crippen LogP contribution in [0, 0.1) is 11.3 Å². The third kappa shape index (κ3) is 8.65. The van der Waals surface area contributed by atoms with Gasteiger partial charge < -0.3 is 20.7 Å². The summed E-state index contributed by atoms with van der Waals surface area (Å²) in [5.74, 6) is -0.575. The van der Waals surface area contributed by atoms with Crippen molar-refractivity contribution in [2.75, 3.05) is 18.0 Å². The van der Waals surface area contributed by atoms with E-state index in [0.29, 0.717) is 6.42 Å². The van der Waals surface area contributed by atoms with Crippen LogP contribution in [-0.2, 0) is 16.0 Å². The summed E-state index contributed by atoms with van der Waals surface area (Å²) in [6.07, 6.45) is 2.20. The third-order valence-corrected chi connectivity index (χ3v) is 6.59. The first-order chi connectivity index (χ1) is 17.7. The number of ether oxygens (including phenoxy) is 1. The Morgan fingerprint density at radius 3 is 2.35 bits per heavy atom. The van der Waals surface area contributed by atoms with E-state index in [4.69, 9.17) is 10.5 Å². The van der Waals surface area contributed by atoms with Crippen LogP contribution in [-0.4, -0.2) is 36.7 Å². The molecular weight excluding hydrogens is 484 g/mol. The number of nitriles is 1. The highest BCUT2D eigenvalue weighted by molar-refractivity contribution is 7.09. The molecule has 7 nitrogen and oxygen atoms in total. The quantitative estimate of drug-likeness (QED) is 0.448. The summed E-state index contributed by atoms with van der Waals surface area (Å²) in [6.45, 7) is 7.40. The standard InChI is InChI=1S/C17H16N2.C12H18N2O3S/c18-13-16-12-15(14-6-2-1-3-7-14)8-9-17(16)19-10-4-5-11-19;1-12(2,3)17-11(16)14-9(10(13)15)7-8-5-4-6-18-8/h1-3,6-9,12H,4-5,10-11H2;4-6,9H,7H2,1-3H3,(H2,13,15)(H,14,16)/t;9-/m.0/s1. The SMILES string of the molecule is CC(C)(C)OC(=O)N[C@@H](Cc1cccs1)C(N)=O.N#Cc1cc(-c2ccccc2)ccc1N1CCCC1. The Kier molecular flexibility index (Phi) is 9.70. The summed E-state index contributed by atoms with van der Waals surface area (Å²) in [5, 5.41) is 13.8. The smallest absolute Gasteiger partial charge is 0.408 e. The predicted molar refractivity (Wildman–Crippen MR) is 148 cm³/mol. The van der Waals surface area contributed by atoms with Gasteiger partial charge in [-0.1, -0.05) is 42.5 Å². The fraction of sp³-hybridized carbons (Fsp3) is 0.345. The molecule has 0 unspecified atom stereocenters. The van der Waals surface area contributed by atoms with E-state index < -0.39 is 23.6 Å². The molecule has 4 rings (SSSR count). The summed E-state index contributed by atoms with van der Waals surface area (Å²) in [7, 11) is 0. The zero-order chi connectivity index (χ0) is 26.8. The third-order valence-electron chi connectivity index (χ3n) is 5.69. The van der Waals surface area contributed by atoms with E-state index in [2.05, 4.69) is 40.6 Å². The molecule has 1 aliphatic rings. The highest BCUT2D eigenvalue weighted by atomic mass is 32.1. The zero-order valence-electron chi connectivity index (χ0n) is 21.6. The number of nitrogens with one attached hydrogen (secondary N) is 1. The van der Waals surface area contributed by atoms with Crippen LogP contribution in [0.4, 0.5) is 10.5 Å². The summed E-state index contributed by atoms with van der Waals surface area (Å²) in [4.78, 5) is 26.1. The van der Waals surface area contributed by atoms with Crippen molar-refractivity contribution in [3.63, 3.8) is 0 Å². The van der Waals surface area contributed by atoms with Crippen molar-refractivity contribution in [2.45, 2.75) is 51.7 Å². The number of nitrogens with zero attached hydrogens (tertiary/aromatic N) is 2. The fourth-order valence-electron chi connectivity index (χ4n) is 3.97. The molecule has 0 bridgehead atoms. The molecule has 3 aromatic rings. The predicted octanol–water partition coefficient (Wildman–Crippen LogP) is 5.49. The first-order valence-corrected chi connectivity index (χ1v) is 13.2. The number of carbonyl (C=O) groups excluding carboxylic acids is 2. The highest BCUT2D eigenvalue weighted by Crippen LogP contribution is 2.29. The minimum absolute atomic E-state index is 0.381. The molecule has 0 radical (unpaired) electrons. The molecule has 37 heavy (non-hydrogen) atoms. The molecule has 1 aromatic heterocycles. The van der Waals surface area contributed by atoms with Gasteiger partial charge in [-0.25, -0.2) is 4.79 Å². The lowest BCUT2D eigenvalue weighted by Crippen LogP contribution is -2.47. The van der Waals surface area contributed by atoms with Crippen LogP contribution in [0.2, 0.25) is 0 Å². The molecule has 194 valence electrons. The topological polar surface area (TPSA) is 108 Å². The summed E-state index contributed by atoms with van der Waals surface area (Å²) in [6, 6.07) is 21.8. The molecule has 0 spiro atoms. The van der Waals surface area contributed by atoms with E-state index in [1.807, 2.05) is 41.8 Å². The molecule has 1 fully saturated rings. The van der Waals surface area contributed by atoms with Gasteiger partial charge in [-0.3, -0.25) is 4.79 Å². The minimum atomic E-state index is -0.751. The number of rotatable bonds is 6. The second-order valence-corrected chi connectivity index (χ2v) is 10.8. The zero-order valence-corrected chi connectivity index (χ0v) is 22.4. The number of benzene rings is 2. The van der Waals surface area contributed by atoms with Gasteiger partial charge in [0, 0.05) is 24.4 Å². The van der Waals surface area contributed by atoms with Crippen molar-refractivity contribution < 1.29 is 14.3 Å². The van der Waals surface area contributed by atoms with Gasteiger partial charge in [-0.2, -0.15) is 5.26 Å². The lowest BCUT2D eigenvalue weighted by molar-refractivity contribution is -0.120. The van der Waals surface area contributed by atoms with Crippen molar-refractivity contribution in [3.05, 3.63) is 76.5 Å². The molecule has 1 aliphatic heterocycles. The Hall–Kier alpha value is -3.83. The normalized spacial score (nSPS) is 13.6. The van der Waals surface area contributed by atoms with Gasteiger partial charge in [0.15, 0.2) is 0 Å². The number of hydrogen-bond acceptors (Lipinski definition) is 6. The Morgan fingerprint density at radius 1 is 1.08 bits per heavy atom. The maximum atomic E-state index is 11.6. The van der Waals surface area contributed by atoms with E-state index in [0.717, 1.165) is 40.3 Å². The van der Waals surface area contributed by atoms with E-state index in [1.165, 1.54) is 24.2 Å². The van der Waals surface area contributed by atoms with Gasteiger partial charge in [-0.05, 0) is 68.3 Å². The lowest BCUT2D eigenvalue weighted by Gasteiger charge is -2.22. The monoisotopic (exact) mass is 518 g/mol. The number of primary amides is 1. The van der Waals surface area contributed by atoms with E-state index in [1.54, 1.807) is 20.8 Å². The Morgan fingerprint density at radius 2 is 1.78 bits per heavy atom. The van der Waals surface area contributed by atoms with Crippen molar-refractivity contribution in [3.8, 4) is 17.2 Å². The van der Waals surface area contributed by atoms with Gasteiger partial charge in [-0.15, -0.1) is 11.3 Å². The van der Waals surface area contributed by atoms with E-state index >= 15 is 0 Å². The number of hydrogen-bond donors (Lipinski definition) is 2. The number of amides is 2. The lowest BCUT2D eigenvalue weighted by atomic mass is 10.0. The van der Waals surface area contributed by atoms with Crippen molar-refractivity contribution in [2.24, 2.45) is 5.73 Å². The second kappa shape index (κ2) is 12.9. The van der Waals surface area contributed by atoms with Gasteiger partial charge >= 0.3 is 6.09 Å². The van der Waals surface area contributed by atoms with E-state index in [-0.39, 0.29) is 0 Å². The Bertz CT molecular complexity index is 1210. The minimum Gasteiger partial charge on any atom is -0.444 e. The maximum Gasteiger partial charge on any atom is 0.408 e. The van der Waals surface area contributed by atoms with Crippen LogP contribution in [0.25, 0.3) is 11.1 Å². The largest absolute Gasteiger partial charge is 0.444 e. The fourth-order valence-corrected chi connectivity index (χ4v) is 4.72. The van der Waals surface area contributed by atoms with Crippen LogP contribution in [0.15, 0.2) is 66.0 Å².